The van der Waals surface area contributed by atoms with E-state index in [2.05, 4.69) is 5.32 Å². The van der Waals surface area contributed by atoms with Gasteiger partial charge in [-0.1, -0.05) is 25.4 Å². The minimum atomic E-state index is -1.21. The quantitative estimate of drug-likeness (QED) is 0.468. The number of esters is 1. The van der Waals surface area contributed by atoms with Gasteiger partial charge >= 0.3 is 5.97 Å². The van der Waals surface area contributed by atoms with E-state index >= 15 is 0 Å². The molecule has 0 saturated heterocycles. The van der Waals surface area contributed by atoms with Gasteiger partial charge in [0.2, 0.25) is 0 Å². The zero-order valence-electron chi connectivity index (χ0n) is 14.2. The van der Waals surface area contributed by atoms with Gasteiger partial charge in [0.1, 0.15) is 5.54 Å². The van der Waals surface area contributed by atoms with E-state index in [4.69, 9.17) is 16.3 Å². The molecule has 0 aromatic heterocycles. The Balaban J connectivity index is 2.90. The third kappa shape index (κ3) is 4.90. The van der Waals surface area contributed by atoms with Gasteiger partial charge in [0, 0.05) is 12.1 Å². The first-order chi connectivity index (χ1) is 11.5. The van der Waals surface area contributed by atoms with Crippen LogP contribution in [0.2, 0.25) is 5.02 Å². The summed E-state index contributed by atoms with van der Waals surface area (Å²) in [5.74, 6) is -1.80. The highest BCUT2D eigenvalue weighted by molar-refractivity contribution is 6.33. The summed E-state index contributed by atoms with van der Waals surface area (Å²) in [5, 5.41) is 22.5. The van der Waals surface area contributed by atoms with Gasteiger partial charge in [0.05, 0.1) is 21.6 Å². The normalized spacial score (nSPS) is 14.1. The molecule has 0 aliphatic rings. The molecule has 0 heterocycles. The van der Waals surface area contributed by atoms with E-state index in [0.29, 0.717) is 0 Å². The number of benzene rings is 1. The van der Waals surface area contributed by atoms with Gasteiger partial charge in [-0.15, -0.1) is 0 Å². The summed E-state index contributed by atoms with van der Waals surface area (Å²) in [6, 6.07) is 5.33. The van der Waals surface area contributed by atoms with Crippen LogP contribution in [0.1, 0.15) is 38.1 Å². The number of hydrogen-bond donors (Lipinski definition) is 1. The van der Waals surface area contributed by atoms with E-state index in [1.165, 1.54) is 13.0 Å². The molecule has 134 valence electrons. The van der Waals surface area contributed by atoms with E-state index in [1.54, 1.807) is 20.8 Å². The van der Waals surface area contributed by atoms with E-state index in [9.17, 15) is 25.0 Å². The highest BCUT2D eigenvalue weighted by atomic mass is 35.5. The lowest BCUT2D eigenvalue weighted by atomic mass is 9.90. The summed E-state index contributed by atoms with van der Waals surface area (Å²) in [7, 11) is 0. The molecule has 0 aliphatic carbocycles. The Labute approximate surface area is 149 Å². The minimum absolute atomic E-state index is 0.0350. The monoisotopic (exact) mass is 367 g/mol. The first-order valence-corrected chi connectivity index (χ1v) is 7.77. The van der Waals surface area contributed by atoms with Crippen molar-refractivity contribution in [2.45, 2.75) is 39.3 Å². The minimum Gasteiger partial charge on any atom is -0.449 e. The third-order valence-electron chi connectivity index (χ3n) is 3.80. The molecule has 0 radical (unpaired) electrons. The fraction of sp³-hybridized carbons (Fsp3) is 0.438. The maximum Gasteiger partial charge on any atom is 0.340 e. The number of nitro groups is 1. The highest BCUT2D eigenvalue weighted by Crippen LogP contribution is 2.23. The number of carbonyl (C=O) groups excluding carboxylic acids is 2. The van der Waals surface area contributed by atoms with Crippen LogP contribution in [0.5, 0.6) is 0 Å². The smallest absolute Gasteiger partial charge is 0.340 e. The molecule has 0 saturated carbocycles. The third-order valence-corrected chi connectivity index (χ3v) is 4.13. The zero-order valence-corrected chi connectivity index (χ0v) is 15.0. The van der Waals surface area contributed by atoms with Gasteiger partial charge in [0.15, 0.2) is 6.10 Å². The number of carbonyl (C=O) groups is 2. The largest absolute Gasteiger partial charge is 0.449 e. The van der Waals surface area contributed by atoms with E-state index < -0.39 is 28.4 Å². The van der Waals surface area contributed by atoms with Crippen LogP contribution in [0.15, 0.2) is 18.2 Å². The summed E-state index contributed by atoms with van der Waals surface area (Å²) in [6.45, 7) is 6.42. The first-order valence-electron chi connectivity index (χ1n) is 7.40. The van der Waals surface area contributed by atoms with Crippen LogP contribution >= 0.6 is 11.6 Å². The second-order valence-electron chi connectivity index (χ2n) is 5.93. The molecular weight excluding hydrogens is 350 g/mol. The van der Waals surface area contributed by atoms with Crippen molar-refractivity contribution in [1.82, 2.24) is 5.32 Å². The maximum atomic E-state index is 12.2. The van der Waals surface area contributed by atoms with Crippen LogP contribution in [0.25, 0.3) is 0 Å². The number of halogens is 1. The van der Waals surface area contributed by atoms with Crippen molar-refractivity contribution in [3.05, 3.63) is 38.9 Å². The average molecular weight is 368 g/mol. The molecule has 8 nitrogen and oxygen atoms in total. The van der Waals surface area contributed by atoms with Gasteiger partial charge in [-0.3, -0.25) is 14.9 Å². The molecule has 2 atom stereocenters. The second kappa shape index (κ2) is 7.94. The van der Waals surface area contributed by atoms with Crippen molar-refractivity contribution in [3.8, 4) is 6.07 Å². The average Bonchev–Trinajstić information content (AvgIpc) is 2.54. The summed E-state index contributed by atoms with van der Waals surface area (Å²) in [4.78, 5) is 34.4. The number of ether oxygens (including phenoxy) is 1. The van der Waals surface area contributed by atoms with E-state index in [-0.39, 0.29) is 22.2 Å². The molecule has 0 fully saturated rings. The maximum absolute atomic E-state index is 12.2. The fourth-order valence-corrected chi connectivity index (χ4v) is 1.91. The molecule has 1 aromatic rings. The number of nitro benzene ring substituents is 1. The summed E-state index contributed by atoms with van der Waals surface area (Å²) in [5.41, 5.74) is -1.67. The predicted molar refractivity (Wildman–Crippen MR) is 90.0 cm³/mol. The Morgan fingerprint density at radius 2 is 2.00 bits per heavy atom. The SMILES string of the molecule is CC(C)[C@](C)(C#N)NC(=O)[C@H](C)OC(=O)c1cc([N+](=O)[O-])ccc1Cl. The number of nitriles is 1. The van der Waals surface area contributed by atoms with E-state index in [0.717, 1.165) is 12.1 Å². The molecule has 1 aromatic carbocycles. The van der Waals surface area contributed by atoms with Crippen molar-refractivity contribution in [1.29, 1.82) is 5.26 Å². The topological polar surface area (TPSA) is 122 Å². The Bertz CT molecular complexity index is 744. The number of hydrogen-bond acceptors (Lipinski definition) is 6. The van der Waals surface area contributed by atoms with Crippen molar-refractivity contribution in [3.63, 3.8) is 0 Å². The molecule has 0 spiro atoms. The van der Waals surface area contributed by atoms with Crippen LogP contribution in [0.3, 0.4) is 0 Å². The summed E-state index contributed by atoms with van der Waals surface area (Å²) >= 11 is 5.86. The second-order valence-corrected chi connectivity index (χ2v) is 6.33. The van der Waals surface area contributed by atoms with Crippen LogP contribution in [0, 0.1) is 27.4 Å². The van der Waals surface area contributed by atoms with Crippen molar-refractivity contribution in [2.24, 2.45) is 5.92 Å². The Kier molecular flexibility index (Phi) is 6.48. The summed E-state index contributed by atoms with van der Waals surface area (Å²) < 4.78 is 5.02. The highest BCUT2D eigenvalue weighted by Gasteiger charge is 2.33. The Hall–Kier alpha value is -2.66. The van der Waals surface area contributed by atoms with Crippen LogP contribution in [0.4, 0.5) is 5.69 Å². The zero-order chi connectivity index (χ0) is 19.4. The lowest BCUT2D eigenvalue weighted by Crippen LogP contribution is -2.52. The number of amides is 1. The van der Waals surface area contributed by atoms with Gasteiger partial charge in [0.25, 0.3) is 11.6 Å². The Morgan fingerprint density at radius 3 is 2.48 bits per heavy atom. The molecular formula is C16H18ClN3O5. The van der Waals surface area contributed by atoms with Gasteiger partial charge in [-0.25, -0.2) is 4.79 Å². The van der Waals surface area contributed by atoms with Gasteiger partial charge < -0.3 is 10.1 Å². The van der Waals surface area contributed by atoms with Gasteiger partial charge in [-0.2, -0.15) is 5.26 Å². The van der Waals surface area contributed by atoms with Crippen LogP contribution in [-0.4, -0.2) is 28.4 Å². The molecule has 1 rings (SSSR count). The molecule has 25 heavy (non-hydrogen) atoms. The molecule has 1 N–H and O–H groups in total. The molecule has 0 aliphatic heterocycles. The summed E-state index contributed by atoms with van der Waals surface area (Å²) in [6.07, 6.45) is -1.21. The van der Waals surface area contributed by atoms with Crippen molar-refractivity contribution < 1.29 is 19.2 Å². The number of nitrogens with one attached hydrogen (secondary N) is 1. The van der Waals surface area contributed by atoms with Crippen LogP contribution < -0.4 is 5.32 Å². The standard InChI is InChI=1S/C16H18ClN3O5/c1-9(2)16(4,8-18)19-14(21)10(3)25-15(22)12-7-11(20(23)24)5-6-13(12)17/h5-7,9-10H,1-4H3,(H,19,21)/t10-,16-/m0/s1. The Morgan fingerprint density at radius 1 is 1.40 bits per heavy atom. The number of rotatable bonds is 6. The van der Waals surface area contributed by atoms with Crippen molar-refractivity contribution in [2.75, 3.05) is 0 Å². The lowest BCUT2D eigenvalue weighted by Gasteiger charge is -2.28. The first kappa shape index (κ1) is 20.4. The number of non-ortho nitro benzene ring substituents is 1. The lowest BCUT2D eigenvalue weighted by molar-refractivity contribution is -0.384. The molecule has 0 bridgehead atoms. The fourth-order valence-electron chi connectivity index (χ4n) is 1.72. The van der Waals surface area contributed by atoms with Crippen molar-refractivity contribution >= 4 is 29.2 Å². The molecule has 9 heteroatoms. The predicted octanol–water partition coefficient (Wildman–Crippen LogP) is 2.85. The van der Waals surface area contributed by atoms with Crippen LogP contribution in [-0.2, 0) is 9.53 Å². The van der Waals surface area contributed by atoms with Gasteiger partial charge in [-0.05, 0) is 25.8 Å². The van der Waals surface area contributed by atoms with E-state index in [1.807, 2.05) is 6.07 Å². The molecule has 0 unspecified atom stereocenters. The molecule has 1 amide bonds. The number of nitrogens with zero attached hydrogens (tertiary/aromatic N) is 2.